The Morgan fingerprint density at radius 3 is 2.96 bits per heavy atom. The van der Waals surface area contributed by atoms with Crippen molar-refractivity contribution in [1.82, 2.24) is 14.9 Å². The number of hydrogen-bond acceptors (Lipinski definition) is 4. The second-order valence-electron chi connectivity index (χ2n) is 6.30. The minimum Gasteiger partial charge on any atom is -0.484 e. The summed E-state index contributed by atoms with van der Waals surface area (Å²) in [6, 6.07) is 7.71. The molecule has 0 radical (unpaired) electrons. The number of carbonyl (C=O) groups is 1. The summed E-state index contributed by atoms with van der Waals surface area (Å²) in [5, 5.41) is 3.52. The molecule has 6 nitrogen and oxygen atoms in total. The Morgan fingerprint density at radius 1 is 1.42 bits per heavy atom. The Bertz CT molecular complexity index is 694. The van der Waals surface area contributed by atoms with Gasteiger partial charge in [-0.3, -0.25) is 4.79 Å². The predicted molar refractivity (Wildman–Crippen MR) is 91.8 cm³/mol. The van der Waals surface area contributed by atoms with Crippen LogP contribution in [-0.4, -0.2) is 28.6 Å². The molecule has 128 valence electrons. The SMILES string of the molecule is Cc1cn2c(n1)C(CNCc1ccc(OCC(N)=O)cc1)CCC2. The number of aromatic nitrogens is 2. The lowest BCUT2D eigenvalue weighted by Gasteiger charge is -2.23. The lowest BCUT2D eigenvalue weighted by Crippen LogP contribution is -2.26. The molecule has 1 aliphatic rings. The molecule has 0 fully saturated rings. The third-order valence-corrected chi connectivity index (χ3v) is 4.27. The maximum Gasteiger partial charge on any atom is 0.255 e. The van der Waals surface area contributed by atoms with Crippen LogP contribution in [0.25, 0.3) is 0 Å². The molecule has 2 aromatic rings. The number of benzene rings is 1. The van der Waals surface area contributed by atoms with Crippen LogP contribution < -0.4 is 15.8 Å². The number of nitrogens with two attached hydrogens (primary N) is 1. The van der Waals surface area contributed by atoms with Crippen LogP contribution in [0.2, 0.25) is 0 Å². The third-order valence-electron chi connectivity index (χ3n) is 4.27. The fourth-order valence-corrected chi connectivity index (χ4v) is 3.15. The van der Waals surface area contributed by atoms with E-state index in [2.05, 4.69) is 28.0 Å². The predicted octanol–water partition coefficient (Wildman–Crippen LogP) is 1.72. The monoisotopic (exact) mass is 328 g/mol. The van der Waals surface area contributed by atoms with Gasteiger partial charge in [0.25, 0.3) is 5.91 Å². The molecular weight excluding hydrogens is 304 g/mol. The molecule has 2 heterocycles. The van der Waals surface area contributed by atoms with E-state index in [1.54, 1.807) is 0 Å². The lowest BCUT2D eigenvalue weighted by molar-refractivity contribution is -0.119. The number of nitrogens with one attached hydrogen (secondary N) is 1. The summed E-state index contributed by atoms with van der Waals surface area (Å²) in [7, 11) is 0. The highest BCUT2D eigenvalue weighted by molar-refractivity contribution is 5.75. The maximum absolute atomic E-state index is 10.7. The minimum absolute atomic E-state index is 0.0919. The molecule has 0 aliphatic carbocycles. The molecule has 1 amide bonds. The summed E-state index contributed by atoms with van der Waals surface area (Å²) >= 11 is 0. The van der Waals surface area contributed by atoms with Crippen molar-refractivity contribution in [3.8, 4) is 5.75 Å². The zero-order chi connectivity index (χ0) is 16.9. The van der Waals surface area contributed by atoms with Crippen molar-refractivity contribution in [2.75, 3.05) is 13.2 Å². The van der Waals surface area contributed by atoms with Gasteiger partial charge in [0, 0.05) is 31.7 Å². The van der Waals surface area contributed by atoms with E-state index in [0.29, 0.717) is 11.7 Å². The third kappa shape index (κ3) is 4.14. The summed E-state index contributed by atoms with van der Waals surface area (Å²) in [6.07, 6.45) is 4.54. The van der Waals surface area contributed by atoms with Gasteiger partial charge < -0.3 is 20.4 Å². The average molecular weight is 328 g/mol. The normalized spacial score (nSPS) is 16.6. The van der Waals surface area contributed by atoms with Crippen molar-refractivity contribution in [2.24, 2.45) is 5.73 Å². The van der Waals surface area contributed by atoms with E-state index in [0.717, 1.165) is 25.3 Å². The van der Waals surface area contributed by atoms with Crippen LogP contribution in [0, 0.1) is 6.92 Å². The Kier molecular flexibility index (Phi) is 5.15. The van der Waals surface area contributed by atoms with Gasteiger partial charge in [-0.1, -0.05) is 12.1 Å². The first kappa shape index (κ1) is 16.5. The van der Waals surface area contributed by atoms with Crippen LogP contribution in [0.15, 0.2) is 30.5 Å². The van der Waals surface area contributed by atoms with E-state index in [-0.39, 0.29) is 6.61 Å². The first-order valence-electron chi connectivity index (χ1n) is 8.36. The Hall–Kier alpha value is -2.34. The number of amides is 1. The Morgan fingerprint density at radius 2 is 2.21 bits per heavy atom. The minimum atomic E-state index is -0.471. The molecule has 1 unspecified atom stereocenters. The summed E-state index contributed by atoms with van der Waals surface area (Å²) < 4.78 is 7.55. The topological polar surface area (TPSA) is 82.2 Å². The zero-order valence-electron chi connectivity index (χ0n) is 14.0. The number of imidazole rings is 1. The molecule has 1 aliphatic heterocycles. The first-order chi connectivity index (χ1) is 11.6. The molecule has 3 rings (SSSR count). The molecule has 24 heavy (non-hydrogen) atoms. The number of rotatable bonds is 7. The number of aryl methyl sites for hydroxylation is 2. The van der Waals surface area contributed by atoms with E-state index in [4.69, 9.17) is 10.5 Å². The highest BCUT2D eigenvalue weighted by atomic mass is 16.5. The molecule has 1 aromatic heterocycles. The Labute approximate surface area is 142 Å². The molecule has 6 heteroatoms. The zero-order valence-corrected chi connectivity index (χ0v) is 14.0. The highest BCUT2D eigenvalue weighted by Gasteiger charge is 2.21. The van der Waals surface area contributed by atoms with E-state index >= 15 is 0 Å². The van der Waals surface area contributed by atoms with Gasteiger partial charge in [0.15, 0.2) is 6.61 Å². The number of fused-ring (bicyclic) bond motifs is 1. The maximum atomic E-state index is 10.7. The van der Waals surface area contributed by atoms with Gasteiger partial charge in [0.1, 0.15) is 11.6 Å². The summed E-state index contributed by atoms with van der Waals surface area (Å²) in [5.41, 5.74) is 7.34. The van der Waals surface area contributed by atoms with Crippen molar-refractivity contribution >= 4 is 5.91 Å². The quantitative estimate of drug-likeness (QED) is 0.811. The van der Waals surface area contributed by atoms with Gasteiger partial charge in [-0.2, -0.15) is 0 Å². The number of carbonyl (C=O) groups excluding carboxylic acids is 1. The summed E-state index contributed by atoms with van der Waals surface area (Å²) in [5.74, 6) is 1.87. The van der Waals surface area contributed by atoms with E-state index in [1.165, 1.54) is 24.2 Å². The average Bonchev–Trinajstić information content (AvgIpc) is 2.95. The molecule has 0 bridgehead atoms. The van der Waals surface area contributed by atoms with Crippen LogP contribution in [-0.2, 0) is 17.9 Å². The van der Waals surface area contributed by atoms with Gasteiger partial charge >= 0.3 is 0 Å². The van der Waals surface area contributed by atoms with Crippen molar-refractivity contribution in [3.63, 3.8) is 0 Å². The molecule has 1 aromatic carbocycles. The smallest absolute Gasteiger partial charge is 0.255 e. The molecule has 0 saturated carbocycles. The summed E-state index contributed by atoms with van der Waals surface area (Å²) in [4.78, 5) is 15.4. The van der Waals surface area contributed by atoms with Crippen molar-refractivity contribution < 1.29 is 9.53 Å². The van der Waals surface area contributed by atoms with Crippen LogP contribution >= 0.6 is 0 Å². The second-order valence-corrected chi connectivity index (χ2v) is 6.30. The van der Waals surface area contributed by atoms with Crippen LogP contribution in [0.3, 0.4) is 0 Å². The van der Waals surface area contributed by atoms with Crippen molar-refractivity contribution in [1.29, 1.82) is 0 Å². The number of nitrogens with zero attached hydrogens (tertiary/aromatic N) is 2. The fourth-order valence-electron chi connectivity index (χ4n) is 3.15. The highest BCUT2D eigenvalue weighted by Crippen LogP contribution is 2.26. The molecule has 0 spiro atoms. The van der Waals surface area contributed by atoms with Gasteiger partial charge in [-0.25, -0.2) is 4.98 Å². The molecule has 3 N–H and O–H groups in total. The van der Waals surface area contributed by atoms with Gasteiger partial charge in [0.05, 0.1) is 5.69 Å². The standard InChI is InChI=1S/C18H24N4O2/c1-13-11-22-8-2-3-15(18(22)21-13)10-20-9-14-4-6-16(7-5-14)24-12-17(19)23/h4-7,11,15,20H,2-3,8-10,12H2,1H3,(H2,19,23). The number of primary amides is 1. The fraction of sp³-hybridized carbons (Fsp3) is 0.444. The number of hydrogen-bond donors (Lipinski definition) is 2. The van der Waals surface area contributed by atoms with Gasteiger partial charge in [0.2, 0.25) is 0 Å². The summed E-state index contributed by atoms with van der Waals surface area (Å²) in [6.45, 7) is 4.77. The largest absolute Gasteiger partial charge is 0.484 e. The van der Waals surface area contributed by atoms with E-state index < -0.39 is 5.91 Å². The van der Waals surface area contributed by atoms with Gasteiger partial charge in [-0.05, 0) is 37.5 Å². The second kappa shape index (κ2) is 7.49. The van der Waals surface area contributed by atoms with Crippen LogP contribution in [0.4, 0.5) is 0 Å². The lowest BCUT2D eigenvalue weighted by atomic mass is 9.99. The van der Waals surface area contributed by atoms with Crippen molar-refractivity contribution in [2.45, 2.75) is 38.8 Å². The van der Waals surface area contributed by atoms with Crippen LogP contribution in [0.1, 0.15) is 35.8 Å². The van der Waals surface area contributed by atoms with E-state index in [9.17, 15) is 4.79 Å². The molecular formula is C18H24N4O2. The molecule has 1 atom stereocenters. The molecule has 0 saturated heterocycles. The van der Waals surface area contributed by atoms with Gasteiger partial charge in [-0.15, -0.1) is 0 Å². The Balaban J connectivity index is 1.49. The van der Waals surface area contributed by atoms with E-state index in [1.807, 2.05) is 24.3 Å². The van der Waals surface area contributed by atoms with Crippen molar-refractivity contribution in [3.05, 3.63) is 47.5 Å². The van der Waals surface area contributed by atoms with Crippen LogP contribution in [0.5, 0.6) is 5.75 Å². The first-order valence-corrected chi connectivity index (χ1v) is 8.36. The number of ether oxygens (including phenoxy) is 1.